The van der Waals surface area contributed by atoms with E-state index in [0.717, 1.165) is 21.4 Å². The van der Waals surface area contributed by atoms with E-state index in [9.17, 15) is 28.7 Å². The van der Waals surface area contributed by atoms with Crippen molar-refractivity contribution in [2.24, 2.45) is 17.8 Å². The Morgan fingerprint density at radius 3 is 2.38 bits per heavy atom. The Balaban J connectivity index is 1.51. The van der Waals surface area contributed by atoms with E-state index >= 15 is 0 Å². The lowest BCUT2D eigenvalue weighted by atomic mass is 9.56. The first-order valence-corrected chi connectivity index (χ1v) is 13.2. The van der Waals surface area contributed by atoms with Crippen LogP contribution in [0.5, 0.6) is 5.75 Å². The van der Waals surface area contributed by atoms with Crippen LogP contribution in [0.25, 0.3) is 6.08 Å². The van der Waals surface area contributed by atoms with Crippen molar-refractivity contribution in [3.8, 4) is 5.75 Å². The van der Waals surface area contributed by atoms with Crippen LogP contribution >= 0.6 is 23.2 Å². The summed E-state index contributed by atoms with van der Waals surface area (Å²) in [6, 6.07) is 10.6. The third kappa shape index (κ3) is 3.16. The summed E-state index contributed by atoms with van der Waals surface area (Å²) in [5.74, 6) is -7.63. The molecule has 200 valence electrons. The molecule has 7 nitrogen and oxygen atoms in total. The zero-order chi connectivity index (χ0) is 28.0. The number of benzene rings is 2. The van der Waals surface area contributed by atoms with Gasteiger partial charge in [0.25, 0.3) is 11.8 Å². The molecule has 4 amide bonds. The number of hydrogen-bond acceptors (Lipinski definition) is 5. The number of fused-ring (bicyclic) bond motifs is 4. The van der Waals surface area contributed by atoms with Gasteiger partial charge in [-0.2, -0.15) is 0 Å². The van der Waals surface area contributed by atoms with Crippen LogP contribution in [-0.4, -0.2) is 50.4 Å². The van der Waals surface area contributed by atoms with Crippen molar-refractivity contribution in [3.63, 3.8) is 0 Å². The lowest BCUT2D eigenvalue weighted by Gasteiger charge is -2.50. The molecule has 6 atom stereocenters. The number of hydrogen-bond donors (Lipinski definition) is 1. The maximum Gasteiger partial charge on any atom is 0.253 e. The second-order valence-corrected chi connectivity index (χ2v) is 11.7. The van der Waals surface area contributed by atoms with Gasteiger partial charge in [-0.1, -0.05) is 48.6 Å². The van der Waals surface area contributed by atoms with Crippen LogP contribution in [0.1, 0.15) is 29.9 Å². The number of phenols is 1. The number of imide groups is 2. The van der Waals surface area contributed by atoms with Crippen molar-refractivity contribution >= 4 is 58.6 Å². The summed E-state index contributed by atoms with van der Waals surface area (Å²) in [7, 11) is 1.26. The first-order valence-electron chi connectivity index (χ1n) is 12.5. The van der Waals surface area contributed by atoms with Gasteiger partial charge in [0.2, 0.25) is 11.8 Å². The van der Waals surface area contributed by atoms with E-state index in [-0.39, 0.29) is 24.3 Å². The highest BCUT2D eigenvalue weighted by Crippen LogP contribution is 2.66. The number of nitrogens with zero attached hydrogens (tertiary/aromatic N) is 2. The SMILES string of the molecule is C=Cc1ccc(N2C(=O)C3CC=C4C(CC5(Cl)C(=O)N(C)C(=O)C5(Cl)C4c4cccc(F)c4O)C3C2=O)cc1. The fourth-order valence-corrected chi connectivity index (χ4v) is 7.88. The summed E-state index contributed by atoms with van der Waals surface area (Å²) in [4.78, 5) is 52.3. The van der Waals surface area contributed by atoms with Crippen molar-refractivity contribution < 1.29 is 28.7 Å². The number of aromatic hydroxyl groups is 1. The number of rotatable bonds is 3. The number of halogens is 3. The van der Waals surface area contributed by atoms with Crippen LogP contribution in [0, 0.1) is 23.6 Å². The molecule has 0 bridgehead atoms. The molecule has 2 aromatic carbocycles. The maximum absolute atomic E-state index is 14.6. The van der Waals surface area contributed by atoms with E-state index in [1.54, 1.807) is 36.4 Å². The third-order valence-electron chi connectivity index (χ3n) is 8.73. The van der Waals surface area contributed by atoms with Crippen molar-refractivity contribution in [3.05, 3.63) is 77.6 Å². The Morgan fingerprint density at radius 1 is 1.03 bits per heavy atom. The highest BCUT2D eigenvalue weighted by molar-refractivity contribution is 6.53. The second-order valence-electron chi connectivity index (χ2n) is 10.5. The zero-order valence-electron chi connectivity index (χ0n) is 20.7. The average molecular weight is 569 g/mol. The van der Waals surface area contributed by atoms with Gasteiger partial charge in [-0.3, -0.25) is 29.0 Å². The Bertz CT molecular complexity index is 1520. The maximum atomic E-state index is 14.6. The van der Waals surface area contributed by atoms with Crippen molar-refractivity contribution in [2.75, 3.05) is 11.9 Å². The van der Waals surface area contributed by atoms with E-state index in [2.05, 4.69) is 6.58 Å². The Labute approximate surface area is 233 Å². The highest BCUT2D eigenvalue weighted by atomic mass is 35.5. The number of amides is 4. The summed E-state index contributed by atoms with van der Waals surface area (Å²) >= 11 is 14.1. The fraction of sp³-hybridized carbons (Fsp3) is 0.310. The van der Waals surface area contributed by atoms with Gasteiger partial charge in [0.1, 0.15) is 0 Å². The van der Waals surface area contributed by atoms with Gasteiger partial charge in [0.15, 0.2) is 21.3 Å². The van der Waals surface area contributed by atoms with Crippen molar-refractivity contribution in [1.29, 1.82) is 0 Å². The van der Waals surface area contributed by atoms with Gasteiger partial charge < -0.3 is 5.11 Å². The van der Waals surface area contributed by atoms with Crippen LogP contribution in [0.4, 0.5) is 10.1 Å². The number of alkyl halides is 2. The number of phenolic OH excluding ortho intramolecular Hbond substituents is 1. The summed E-state index contributed by atoms with van der Waals surface area (Å²) in [5, 5.41) is 10.7. The fourth-order valence-electron chi connectivity index (χ4n) is 6.87. The lowest BCUT2D eigenvalue weighted by Crippen LogP contribution is -2.60. The minimum Gasteiger partial charge on any atom is -0.505 e. The molecule has 39 heavy (non-hydrogen) atoms. The molecule has 2 aromatic rings. The zero-order valence-corrected chi connectivity index (χ0v) is 22.2. The minimum absolute atomic E-state index is 0.0190. The minimum atomic E-state index is -2.09. The molecule has 2 aliphatic carbocycles. The monoisotopic (exact) mass is 568 g/mol. The number of likely N-dealkylation sites (tertiary alicyclic amines) is 1. The molecular formula is C29H23Cl2FN2O5. The lowest BCUT2D eigenvalue weighted by molar-refractivity contribution is -0.138. The van der Waals surface area contributed by atoms with Crippen LogP contribution in [0.15, 0.2) is 60.7 Å². The van der Waals surface area contributed by atoms with Gasteiger partial charge in [0, 0.05) is 18.5 Å². The topological polar surface area (TPSA) is 95.0 Å². The number of para-hydroxylation sites is 1. The third-order valence-corrected chi connectivity index (χ3v) is 10.1. The highest BCUT2D eigenvalue weighted by Gasteiger charge is 2.76. The largest absolute Gasteiger partial charge is 0.505 e. The van der Waals surface area contributed by atoms with Gasteiger partial charge in [-0.05, 0) is 42.5 Å². The van der Waals surface area contributed by atoms with Crippen LogP contribution in [-0.2, 0) is 19.2 Å². The molecular weight excluding hydrogens is 546 g/mol. The molecule has 10 heteroatoms. The average Bonchev–Trinajstić information content (AvgIpc) is 3.25. The number of carbonyl (C=O) groups excluding carboxylic acids is 4. The van der Waals surface area contributed by atoms with Gasteiger partial charge in [-0.15, -0.1) is 23.2 Å². The van der Waals surface area contributed by atoms with Crippen LogP contribution in [0.2, 0.25) is 0 Å². The predicted octanol–water partition coefficient (Wildman–Crippen LogP) is 4.37. The Kier molecular flexibility index (Phi) is 5.62. The van der Waals surface area contributed by atoms with E-state index in [0.29, 0.717) is 11.3 Å². The molecule has 0 radical (unpaired) electrons. The predicted molar refractivity (Wildman–Crippen MR) is 143 cm³/mol. The van der Waals surface area contributed by atoms with Gasteiger partial charge in [-0.25, -0.2) is 4.39 Å². The summed E-state index contributed by atoms with van der Waals surface area (Å²) in [6.45, 7) is 3.72. The van der Waals surface area contributed by atoms with Gasteiger partial charge in [0.05, 0.1) is 17.5 Å². The normalized spacial score (nSPS) is 33.6. The first kappa shape index (κ1) is 25.8. The molecule has 2 saturated heterocycles. The smallest absolute Gasteiger partial charge is 0.253 e. The molecule has 6 rings (SSSR count). The molecule has 3 fully saturated rings. The molecule has 4 aliphatic rings. The van der Waals surface area contributed by atoms with Crippen LogP contribution < -0.4 is 4.90 Å². The van der Waals surface area contributed by atoms with Crippen molar-refractivity contribution in [1.82, 2.24) is 4.90 Å². The second kappa shape index (κ2) is 8.50. The van der Waals surface area contributed by atoms with E-state index in [4.69, 9.17) is 23.2 Å². The quantitative estimate of drug-likeness (QED) is 0.337. The molecule has 2 heterocycles. The molecule has 0 aromatic heterocycles. The molecule has 1 N–H and O–H groups in total. The van der Waals surface area contributed by atoms with E-state index in [1.165, 1.54) is 19.2 Å². The Morgan fingerprint density at radius 2 is 1.72 bits per heavy atom. The number of carbonyl (C=O) groups is 4. The van der Waals surface area contributed by atoms with Crippen LogP contribution in [0.3, 0.4) is 0 Å². The summed E-state index contributed by atoms with van der Waals surface area (Å²) in [5.41, 5.74) is 1.68. The first-order chi connectivity index (χ1) is 18.5. The van der Waals surface area contributed by atoms with Gasteiger partial charge >= 0.3 is 0 Å². The number of allylic oxidation sites excluding steroid dienone is 2. The summed E-state index contributed by atoms with van der Waals surface area (Å²) < 4.78 is 14.6. The standard InChI is InChI=1S/C29H23Cl2FN2O5/c1-3-14-7-9-15(10-8-14)34-24(36)17-12-11-16-19(21(17)25(34)37)13-28(30)26(38)33(2)27(39)29(28,31)22(16)18-5-4-6-20(32)23(18)35/h3-11,17,19,21-22,35H,1,12-13H2,2H3. The summed E-state index contributed by atoms with van der Waals surface area (Å²) in [6.07, 6.45) is 3.35. The van der Waals surface area contributed by atoms with Crippen molar-refractivity contribution in [2.45, 2.75) is 28.5 Å². The molecule has 0 spiro atoms. The molecule has 1 saturated carbocycles. The molecule has 2 aliphatic heterocycles. The van der Waals surface area contributed by atoms with E-state index < -0.39 is 62.7 Å². The van der Waals surface area contributed by atoms with E-state index in [1.807, 2.05) is 0 Å². The Hall–Kier alpha value is -3.49. The number of anilines is 1. The molecule has 6 unspecified atom stereocenters.